The van der Waals surface area contributed by atoms with Gasteiger partial charge in [0.2, 0.25) is 0 Å². The number of nitrogens with zero attached hydrogens (tertiary/aromatic N) is 1. The summed E-state index contributed by atoms with van der Waals surface area (Å²) < 4.78 is 0. The maximum absolute atomic E-state index is 9.39. The monoisotopic (exact) mass is 352 g/mol. The van der Waals surface area contributed by atoms with Gasteiger partial charge in [0, 0.05) is 37.4 Å². The normalized spacial score (nSPS) is 19.6. The van der Waals surface area contributed by atoms with Crippen LogP contribution in [0.1, 0.15) is 6.92 Å². The summed E-state index contributed by atoms with van der Waals surface area (Å²) in [6.45, 7) is 5.22. The van der Waals surface area contributed by atoms with Crippen molar-refractivity contribution in [3.8, 4) is 5.75 Å². The molecule has 0 unspecified atom stereocenters. The van der Waals surface area contributed by atoms with Gasteiger partial charge in [-0.2, -0.15) is 0 Å². The van der Waals surface area contributed by atoms with E-state index in [0.29, 0.717) is 11.8 Å². The van der Waals surface area contributed by atoms with Crippen LogP contribution in [-0.4, -0.2) is 30.8 Å². The Morgan fingerprint density at radius 2 is 2.12 bits per heavy atom. The lowest BCUT2D eigenvalue weighted by Crippen LogP contribution is -2.49. The van der Waals surface area contributed by atoms with E-state index >= 15 is 0 Å². The molecule has 1 fully saturated rings. The largest absolute Gasteiger partial charge is 0.508 e. The molecule has 0 saturated carbocycles. The maximum Gasteiger partial charge on any atom is 0.117 e. The predicted octanol–water partition coefficient (Wildman–Crippen LogP) is 2.35. The third-order valence-corrected chi connectivity index (χ3v) is 2.66. The number of halogens is 2. The molecule has 2 rings (SSSR count). The van der Waals surface area contributed by atoms with Gasteiger partial charge in [0.15, 0.2) is 0 Å². The number of phenols is 1. The zero-order valence-corrected chi connectivity index (χ0v) is 12.6. The minimum atomic E-state index is 0. The van der Waals surface area contributed by atoms with Crippen LogP contribution in [0.15, 0.2) is 24.3 Å². The van der Waals surface area contributed by atoms with Crippen molar-refractivity contribution in [1.29, 1.82) is 0 Å². The molecule has 1 atom stereocenters. The van der Waals surface area contributed by atoms with Gasteiger partial charge >= 0.3 is 0 Å². The summed E-state index contributed by atoms with van der Waals surface area (Å²) in [7, 11) is 0. The van der Waals surface area contributed by atoms with Crippen LogP contribution >= 0.6 is 34.0 Å². The molecule has 1 aromatic rings. The average molecular weight is 354 g/mol. The first-order valence-corrected chi connectivity index (χ1v) is 5.04. The van der Waals surface area contributed by atoms with E-state index in [1.807, 2.05) is 18.2 Å². The average Bonchev–Trinajstić information content (AvgIpc) is 2.18. The second-order valence-electron chi connectivity index (χ2n) is 3.77. The summed E-state index contributed by atoms with van der Waals surface area (Å²) in [5, 5.41) is 12.7. The number of hydrogen-bond acceptors (Lipinski definition) is 3. The minimum absolute atomic E-state index is 0. The van der Waals surface area contributed by atoms with Gasteiger partial charge in [0.1, 0.15) is 5.75 Å². The Balaban J connectivity index is 0.00000112. The van der Waals surface area contributed by atoms with Crippen molar-refractivity contribution in [2.75, 3.05) is 24.5 Å². The summed E-state index contributed by atoms with van der Waals surface area (Å²) in [6, 6.07) is 7.95. The predicted molar refractivity (Wildman–Crippen MR) is 78.4 cm³/mol. The Kier molecular flexibility index (Phi) is 7.03. The van der Waals surface area contributed by atoms with E-state index in [0.717, 1.165) is 25.3 Å². The molecular formula is C11H18Br2N2O. The van der Waals surface area contributed by atoms with E-state index in [2.05, 4.69) is 17.1 Å². The molecule has 0 radical (unpaired) electrons. The van der Waals surface area contributed by atoms with E-state index in [1.54, 1.807) is 6.07 Å². The van der Waals surface area contributed by atoms with Crippen molar-refractivity contribution >= 4 is 39.7 Å². The molecule has 1 saturated heterocycles. The van der Waals surface area contributed by atoms with Crippen molar-refractivity contribution in [3.05, 3.63) is 24.3 Å². The summed E-state index contributed by atoms with van der Waals surface area (Å²) in [5.74, 6) is 0.341. The summed E-state index contributed by atoms with van der Waals surface area (Å²) in [5.41, 5.74) is 1.11. The fourth-order valence-corrected chi connectivity index (χ4v) is 1.90. The third kappa shape index (κ3) is 3.64. The fourth-order valence-electron chi connectivity index (χ4n) is 1.90. The molecule has 92 valence electrons. The van der Waals surface area contributed by atoms with Crippen LogP contribution in [0.25, 0.3) is 0 Å². The molecule has 2 N–H and O–H groups in total. The number of nitrogens with one attached hydrogen (secondary N) is 1. The van der Waals surface area contributed by atoms with Gasteiger partial charge in [-0.25, -0.2) is 0 Å². The van der Waals surface area contributed by atoms with Crippen LogP contribution in [0.4, 0.5) is 5.69 Å². The number of rotatable bonds is 1. The summed E-state index contributed by atoms with van der Waals surface area (Å²) in [6.07, 6.45) is 0. The van der Waals surface area contributed by atoms with Crippen LogP contribution in [0.2, 0.25) is 0 Å². The maximum atomic E-state index is 9.39. The number of anilines is 1. The van der Waals surface area contributed by atoms with Crippen LogP contribution in [0.3, 0.4) is 0 Å². The van der Waals surface area contributed by atoms with Crippen LogP contribution < -0.4 is 10.2 Å². The topological polar surface area (TPSA) is 35.5 Å². The first-order chi connectivity index (χ1) is 6.77. The Hall–Kier alpha value is -0.260. The van der Waals surface area contributed by atoms with E-state index in [9.17, 15) is 5.11 Å². The second kappa shape index (κ2) is 7.14. The molecule has 0 spiro atoms. The molecule has 0 bridgehead atoms. The van der Waals surface area contributed by atoms with Crippen LogP contribution in [0, 0.1) is 0 Å². The highest BCUT2D eigenvalue weighted by Gasteiger charge is 2.17. The first kappa shape index (κ1) is 15.7. The van der Waals surface area contributed by atoms with Gasteiger partial charge < -0.3 is 15.3 Å². The number of piperazine rings is 1. The molecule has 0 aliphatic carbocycles. The Labute approximate surface area is 117 Å². The fraction of sp³-hybridized carbons (Fsp3) is 0.455. The van der Waals surface area contributed by atoms with Crippen molar-refractivity contribution < 1.29 is 5.11 Å². The number of benzene rings is 1. The molecule has 3 nitrogen and oxygen atoms in total. The van der Waals surface area contributed by atoms with E-state index in [1.165, 1.54) is 0 Å². The zero-order valence-electron chi connectivity index (χ0n) is 9.22. The van der Waals surface area contributed by atoms with Crippen molar-refractivity contribution in [1.82, 2.24) is 5.32 Å². The molecule has 1 heterocycles. The highest BCUT2D eigenvalue weighted by atomic mass is 79.9. The molecular weight excluding hydrogens is 336 g/mol. The third-order valence-electron chi connectivity index (χ3n) is 2.66. The quantitative estimate of drug-likeness (QED) is 0.813. The lowest BCUT2D eigenvalue weighted by atomic mass is 10.2. The van der Waals surface area contributed by atoms with Crippen molar-refractivity contribution in [3.63, 3.8) is 0 Å². The first-order valence-electron chi connectivity index (χ1n) is 5.04. The molecule has 0 amide bonds. The summed E-state index contributed by atoms with van der Waals surface area (Å²) in [4.78, 5) is 2.32. The Morgan fingerprint density at radius 1 is 1.38 bits per heavy atom. The number of phenolic OH excluding ortho intramolecular Hbond substituents is 1. The highest BCUT2D eigenvalue weighted by Crippen LogP contribution is 2.22. The van der Waals surface area contributed by atoms with Gasteiger partial charge in [0.25, 0.3) is 0 Å². The molecule has 16 heavy (non-hydrogen) atoms. The Bertz CT molecular complexity index is 323. The standard InChI is InChI=1S/C11H16N2O.2BrH/c1-9-8-12-5-6-13(9)10-3-2-4-11(14)7-10;;/h2-4,7,9,12,14H,5-6,8H2,1H3;2*1H/t9-;;/m0../s1. The van der Waals surface area contributed by atoms with Crippen molar-refractivity contribution in [2.45, 2.75) is 13.0 Å². The number of hydrogen-bond donors (Lipinski definition) is 2. The molecule has 0 aromatic heterocycles. The second-order valence-corrected chi connectivity index (χ2v) is 3.77. The lowest BCUT2D eigenvalue weighted by molar-refractivity contribution is 0.472. The molecule has 1 aliphatic rings. The highest BCUT2D eigenvalue weighted by molar-refractivity contribution is 8.93. The van der Waals surface area contributed by atoms with Crippen molar-refractivity contribution in [2.24, 2.45) is 0 Å². The van der Waals surface area contributed by atoms with Gasteiger partial charge in [-0.1, -0.05) is 6.07 Å². The summed E-state index contributed by atoms with van der Waals surface area (Å²) >= 11 is 0. The van der Waals surface area contributed by atoms with Gasteiger partial charge in [-0.05, 0) is 19.1 Å². The molecule has 1 aliphatic heterocycles. The van der Waals surface area contributed by atoms with E-state index in [-0.39, 0.29) is 34.0 Å². The van der Waals surface area contributed by atoms with Gasteiger partial charge in [-0.15, -0.1) is 34.0 Å². The van der Waals surface area contributed by atoms with Gasteiger partial charge in [-0.3, -0.25) is 0 Å². The van der Waals surface area contributed by atoms with Crippen LogP contribution in [-0.2, 0) is 0 Å². The molecule has 1 aromatic carbocycles. The molecule has 5 heteroatoms. The van der Waals surface area contributed by atoms with Crippen LogP contribution in [0.5, 0.6) is 5.75 Å². The minimum Gasteiger partial charge on any atom is -0.508 e. The number of aromatic hydroxyl groups is 1. The SMILES string of the molecule is Br.Br.C[C@H]1CNCCN1c1cccc(O)c1. The zero-order chi connectivity index (χ0) is 9.97. The van der Waals surface area contributed by atoms with E-state index in [4.69, 9.17) is 0 Å². The lowest BCUT2D eigenvalue weighted by Gasteiger charge is -2.35. The van der Waals surface area contributed by atoms with E-state index < -0.39 is 0 Å². The smallest absolute Gasteiger partial charge is 0.117 e. The van der Waals surface area contributed by atoms with Gasteiger partial charge in [0.05, 0.1) is 0 Å². The Morgan fingerprint density at radius 3 is 2.75 bits per heavy atom.